The van der Waals surface area contributed by atoms with Crippen molar-refractivity contribution in [3.8, 4) is 5.75 Å². The number of carbonyl (C=O) groups is 1. The zero-order chi connectivity index (χ0) is 23.0. The first-order chi connectivity index (χ1) is 16.1. The molecule has 174 valence electrons. The fourth-order valence-electron chi connectivity index (χ4n) is 4.26. The molecule has 1 unspecified atom stereocenters. The molecule has 0 saturated carbocycles. The Bertz CT molecular complexity index is 1030. The number of nitrogens with zero attached hydrogens (tertiary/aromatic N) is 5. The number of carbonyl (C=O) groups excluding carboxylic acids is 1. The van der Waals surface area contributed by atoms with E-state index in [4.69, 9.17) is 4.74 Å². The number of fused-ring (bicyclic) bond motifs is 1. The second-order valence-electron chi connectivity index (χ2n) is 8.45. The maximum atomic E-state index is 12.2. The van der Waals surface area contributed by atoms with Crippen LogP contribution in [0.2, 0.25) is 0 Å². The molecule has 1 atom stereocenters. The van der Waals surface area contributed by atoms with Crippen molar-refractivity contribution < 1.29 is 9.53 Å². The van der Waals surface area contributed by atoms with Crippen LogP contribution in [0.3, 0.4) is 0 Å². The molecule has 0 aliphatic carbocycles. The number of nitrogens with one attached hydrogen (secondary N) is 1. The van der Waals surface area contributed by atoms with Crippen LogP contribution >= 0.6 is 0 Å². The molecule has 1 aliphatic heterocycles. The SMILES string of the molecule is COc1ccc(CCC(C)N2CCc3nnc(CCNC(=O)c4cccnc4)n3CC2)cc1. The van der Waals surface area contributed by atoms with Crippen LogP contribution in [-0.4, -0.2) is 63.3 Å². The van der Waals surface area contributed by atoms with E-state index in [1.165, 1.54) is 5.56 Å². The summed E-state index contributed by atoms with van der Waals surface area (Å²) < 4.78 is 7.48. The number of hydrogen-bond donors (Lipinski definition) is 1. The molecule has 1 N–H and O–H groups in total. The highest BCUT2D eigenvalue weighted by molar-refractivity contribution is 5.93. The molecule has 0 radical (unpaired) electrons. The van der Waals surface area contributed by atoms with Gasteiger partial charge >= 0.3 is 0 Å². The highest BCUT2D eigenvalue weighted by atomic mass is 16.5. The van der Waals surface area contributed by atoms with Crippen LogP contribution in [0.15, 0.2) is 48.8 Å². The van der Waals surface area contributed by atoms with Gasteiger partial charge in [0.15, 0.2) is 0 Å². The summed E-state index contributed by atoms with van der Waals surface area (Å²) in [7, 11) is 1.70. The van der Waals surface area contributed by atoms with E-state index in [0.717, 1.165) is 56.3 Å². The van der Waals surface area contributed by atoms with Crippen LogP contribution < -0.4 is 10.1 Å². The van der Waals surface area contributed by atoms with Gasteiger partial charge in [-0.2, -0.15) is 0 Å². The highest BCUT2D eigenvalue weighted by Gasteiger charge is 2.21. The number of ether oxygens (including phenoxy) is 1. The second kappa shape index (κ2) is 11.0. The average molecular weight is 449 g/mol. The van der Waals surface area contributed by atoms with E-state index in [-0.39, 0.29) is 5.91 Å². The number of aryl methyl sites for hydroxylation is 1. The summed E-state index contributed by atoms with van der Waals surface area (Å²) in [5.74, 6) is 2.75. The van der Waals surface area contributed by atoms with E-state index in [0.29, 0.717) is 24.6 Å². The monoisotopic (exact) mass is 448 g/mol. The number of methoxy groups -OCH3 is 1. The number of benzene rings is 1. The number of amides is 1. The second-order valence-corrected chi connectivity index (χ2v) is 8.45. The third kappa shape index (κ3) is 5.96. The summed E-state index contributed by atoms with van der Waals surface area (Å²) in [6.07, 6.45) is 6.94. The largest absolute Gasteiger partial charge is 0.497 e. The Balaban J connectivity index is 1.26. The number of rotatable bonds is 9. The predicted octanol–water partition coefficient (Wildman–Crippen LogP) is 2.53. The molecule has 0 fully saturated rings. The molecular formula is C25H32N6O2. The first-order valence-corrected chi connectivity index (χ1v) is 11.6. The topological polar surface area (TPSA) is 85.2 Å². The lowest BCUT2D eigenvalue weighted by Crippen LogP contribution is -2.36. The average Bonchev–Trinajstić information content (AvgIpc) is 3.11. The van der Waals surface area contributed by atoms with E-state index in [1.54, 1.807) is 31.6 Å². The molecule has 1 aliphatic rings. The maximum Gasteiger partial charge on any atom is 0.252 e. The van der Waals surface area contributed by atoms with Gasteiger partial charge in [-0.25, -0.2) is 0 Å². The van der Waals surface area contributed by atoms with Crippen molar-refractivity contribution >= 4 is 5.91 Å². The molecule has 3 heterocycles. The number of aromatic nitrogens is 4. The van der Waals surface area contributed by atoms with E-state index in [1.807, 2.05) is 12.1 Å². The van der Waals surface area contributed by atoms with Gasteiger partial charge in [-0.15, -0.1) is 10.2 Å². The van der Waals surface area contributed by atoms with E-state index < -0.39 is 0 Å². The normalized spacial score (nSPS) is 14.8. The van der Waals surface area contributed by atoms with Gasteiger partial charge in [0.05, 0.1) is 12.7 Å². The van der Waals surface area contributed by atoms with Crippen molar-refractivity contribution in [3.63, 3.8) is 0 Å². The van der Waals surface area contributed by atoms with Crippen LogP contribution in [0.25, 0.3) is 0 Å². The van der Waals surface area contributed by atoms with E-state index in [2.05, 4.69) is 49.0 Å². The van der Waals surface area contributed by atoms with Crippen LogP contribution in [0.1, 0.15) is 40.9 Å². The lowest BCUT2D eigenvalue weighted by molar-refractivity contribution is 0.0953. The van der Waals surface area contributed by atoms with Crippen molar-refractivity contribution in [3.05, 3.63) is 71.6 Å². The maximum absolute atomic E-state index is 12.2. The van der Waals surface area contributed by atoms with Gasteiger partial charge in [0.2, 0.25) is 0 Å². The third-order valence-corrected chi connectivity index (χ3v) is 6.33. The van der Waals surface area contributed by atoms with Crippen LogP contribution in [-0.2, 0) is 25.8 Å². The van der Waals surface area contributed by atoms with Gasteiger partial charge in [0.25, 0.3) is 5.91 Å². The van der Waals surface area contributed by atoms with Crippen molar-refractivity contribution in [2.24, 2.45) is 0 Å². The summed E-state index contributed by atoms with van der Waals surface area (Å²) in [6, 6.07) is 12.4. The minimum atomic E-state index is -0.115. The lowest BCUT2D eigenvalue weighted by Gasteiger charge is -2.27. The van der Waals surface area contributed by atoms with Crippen molar-refractivity contribution in [1.82, 2.24) is 30.0 Å². The van der Waals surface area contributed by atoms with Crippen molar-refractivity contribution in [2.45, 2.75) is 45.2 Å². The van der Waals surface area contributed by atoms with Crippen molar-refractivity contribution in [2.75, 3.05) is 26.7 Å². The molecule has 0 bridgehead atoms. The van der Waals surface area contributed by atoms with Crippen LogP contribution in [0.5, 0.6) is 5.75 Å². The van der Waals surface area contributed by atoms with Gasteiger partial charge in [-0.05, 0) is 49.6 Å². The lowest BCUT2D eigenvalue weighted by atomic mass is 10.0. The molecule has 33 heavy (non-hydrogen) atoms. The van der Waals surface area contributed by atoms with Crippen LogP contribution in [0, 0.1) is 0 Å². The molecule has 4 rings (SSSR count). The van der Waals surface area contributed by atoms with Gasteiger partial charge in [0.1, 0.15) is 17.4 Å². The van der Waals surface area contributed by atoms with Gasteiger partial charge in [-0.1, -0.05) is 12.1 Å². The molecule has 1 aromatic carbocycles. The summed E-state index contributed by atoms with van der Waals surface area (Å²) in [5, 5.41) is 11.8. The first-order valence-electron chi connectivity index (χ1n) is 11.6. The van der Waals surface area contributed by atoms with Crippen LogP contribution in [0.4, 0.5) is 0 Å². The van der Waals surface area contributed by atoms with E-state index in [9.17, 15) is 4.79 Å². The minimum absolute atomic E-state index is 0.115. The Hall–Kier alpha value is -3.26. The van der Waals surface area contributed by atoms with E-state index >= 15 is 0 Å². The Morgan fingerprint density at radius 1 is 1.12 bits per heavy atom. The summed E-state index contributed by atoms with van der Waals surface area (Å²) >= 11 is 0. The molecule has 8 heteroatoms. The first kappa shape index (κ1) is 22.9. The molecular weight excluding hydrogens is 416 g/mol. The Morgan fingerprint density at radius 2 is 1.97 bits per heavy atom. The molecule has 8 nitrogen and oxygen atoms in total. The zero-order valence-corrected chi connectivity index (χ0v) is 19.4. The van der Waals surface area contributed by atoms with Gasteiger partial charge in [0, 0.05) is 57.5 Å². The third-order valence-electron chi connectivity index (χ3n) is 6.33. The molecule has 0 saturated heterocycles. The smallest absolute Gasteiger partial charge is 0.252 e. The summed E-state index contributed by atoms with van der Waals surface area (Å²) in [5.41, 5.74) is 1.90. The fourth-order valence-corrected chi connectivity index (χ4v) is 4.26. The minimum Gasteiger partial charge on any atom is -0.497 e. The number of pyridine rings is 1. The Morgan fingerprint density at radius 3 is 2.73 bits per heavy atom. The molecule has 3 aromatic rings. The number of hydrogen-bond acceptors (Lipinski definition) is 6. The Kier molecular flexibility index (Phi) is 7.67. The van der Waals surface area contributed by atoms with Gasteiger partial charge in [-0.3, -0.25) is 14.7 Å². The molecule has 2 aromatic heterocycles. The highest BCUT2D eigenvalue weighted by Crippen LogP contribution is 2.17. The predicted molar refractivity (Wildman–Crippen MR) is 126 cm³/mol. The Labute approximate surface area is 195 Å². The standard InChI is InChI=1S/C25H32N6O2/c1-19(5-6-20-7-9-22(33-2)10-8-20)30-15-12-24-29-28-23(31(24)17-16-30)11-14-27-25(32)21-4-3-13-26-18-21/h3-4,7-10,13,18-19H,5-6,11-12,14-17H2,1-2H3,(H,27,32). The van der Waals surface area contributed by atoms with Crippen molar-refractivity contribution in [1.29, 1.82) is 0 Å². The summed E-state index contributed by atoms with van der Waals surface area (Å²) in [4.78, 5) is 18.8. The molecule has 0 spiro atoms. The summed E-state index contributed by atoms with van der Waals surface area (Å²) in [6.45, 7) is 5.67. The fraction of sp³-hybridized carbons (Fsp3) is 0.440. The van der Waals surface area contributed by atoms with Gasteiger partial charge < -0.3 is 14.6 Å². The quantitative estimate of drug-likeness (QED) is 0.542. The molecule has 1 amide bonds. The zero-order valence-electron chi connectivity index (χ0n) is 19.4.